The van der Waals surface area contributed by atoms with Gasteiger partial charge in [0, 0.05) is 0 Å². The summed E-state index contributed by atoms with van der Waals surface area (Å²) in [5.41, 5.74) is -4.15. The highest BCUT2D eigenvalue weighted by Crippen LogP contribution is 2.45. The van der Waals surface area contributed by atoms with Crippen molar-refractivity contribution in [3.8, 4) is 12.3 Å². The molecule has 1 fully saturated rings. The lowest BCUT2D eigenvalue weighted by Gasteiger charge is -2.41. The Bertz CT molecular complexity index is 870. The first-order valence-corrected chi connectivity index (χ1v) is 11.3. The molecule has 0 saturated carbocycles. The summed E-state index contributed by atoms with van der Waals surface area (Å²) >= 11 is 0. The Hall–Kier alpha value is -1.80. The predicted molar refractivity (Wildman–Crippen MR) is 97.0 cm³/mol. The van der Waals surface area contributed by atoms with Crippen molar-refractivity contribution in [1.82, 2.24) is 9.55 Å². The van der Waals surface area contributed by atoms with E-state index in [1.807, 2.05) is 33.9 Å². The maximum absolute atomic E-state index is 15.3. The van der Waals surface area contributed by atoms with Gasteiger partial charge in [-0.15, -0.1) is 6.42 Å². The van der Waals surface area contributed by atoms with Crippen LogP contribution in [0.25, 0.3) is 0 Å². The van der Waals surface area contributed by atoms with Crippen molar-refractivity contribution in [2.75, 3.05) is 6.61 Å². The van der Waals surface area contributed by atoms with Crippen LogP contribution in [0.1, 0.15) is 27.0 Å². The maximum Gasteiger partial charge on any atom is 0.330 e. The molecular weight excluding hydrogens is 378 g/mol. The van der Waals surface area contributed by atoms with Crippen LogP contribution in [0.4, 0.5) is 8.78 Å². The molecular formula is C17H24F2N2O5Si. The van der Waals surface area contributed by atoms with Crippen LogP contribution in [-0.2, 0) is 9.16 Å². The first-order chi connectivity index (χ1) is 12.3. The highest BCUT2D eigenvalue weighted by molar-refractivity contribution is 6.74. The minimum atomic E-state index is -2.54. The summed E-state index contributed by atoms with van der Waals surface area (Å²) in [6.07, 6.45) is 1.03. The van der Waals surface area contributed by atoms with Crippen molar-refractivity contribution in [2.45, 2.75) is 63.0 Å². The second-order valence-corrected chi connectivity index (χ2v) is 12.8. The zero-order chi connectivity index (χ0) is 20.8. The molecule has 7 nitrogen and oxygen atoms in total. The average Bonchev–Trinajstić information content (AvgIpc) is 2.83. The minimum Gasteiger partial charge on any atom is -0.407 e. The van der Waals surface area contributed by atoms with E-state index in [2.05, 4.69) is 5.92 Å². The van der Waals surface area contributed by atoms with Crippen LogP contribution in [0.15, 0.2) is 15.8 Å². The molecule has 1 unspecified atom stereocenters. The molecule has 4 atom stereocenters. The number of ether oxygens (including phenoxy) is 1. The number of halogens is 2. The number of hydrogen-bond donors (Lipinski definition) is 2. The molecule has 10 heteroatoms. The Morgan fingerprint density at radius 2 is 2.07 bits per heavy atom. The SMILES string of the molecule is C#C[C@]1(CO)O[C@@H](n2cc(F)c(=O)[nH]c2=O)[C@@H](F)C1O[Si](C)(C)C(C)(C)C. The predicted octanol–water partition coefficient (Wildman–Crippen LogP) is 1.30. The van der Waals surface area contributed by atoms with Crippen molar-refractivity contribution >= 4 is 8.32 Å². The van der Waals surface area contributed by atoms with Gasteiger partial charge in [-0.1, -0.05) is 26.7 Å². The lowest BCUT2D eigenvalue weighted by Crippen LogP contribution is -2.54. The van der Waals surface area contributed by atoms with Crippen LogP contribution in [0, 0.1) is 18.2 Å². The number of alkyl halides is 1. The van der Waals surface area contributed by atoms with E-state index in [1.165, 1.54) is 0 Å². The molecule has 2 rings (SSSR count). The van der Waals surface area contributed by atoms with Crippen molar-refractivity contribution in [2.24, 2.45) is 0 Å². The lowest BCUT2D eigenvalue weighted by atomic mass is 9.98. The van der Waals surface area contributed by atoms with Crippen molar-refractivity contribution in [1.29, 1.82) is 0 Å². The highest BCUT2D eigenvalue weighted by Gasteiger charge is 2.59. The van der Waals surface area contributed by atoms with Gasteiger partial charge in [-0.05, 0) is 18.1 Å². The van der Waals surface area contributed by atoms with E-state index in [1.54, 1.807) is 4.98 Å². The number of terminal acetylenes is 1. The van der Waals surface area contributed by atoms with Crippen LogP contribution in [0.3, 0.4) is 0 Å². The zero-order valence-corrected chi connectivity index (χ0v) is 16.9. The molecule has 0 aliphatic carbocycles. The second kappa shape index (κ2) is 6.98. The monoisotopic (exact) mass is 402 g/mol. The van der Waals surface area contributed by atoms with Crippen molar-refractivity contribution in [3.05, 3.63) is 32.9 Å². The second-order valence-electron chi connectivity index (χ2n) is 8.09. The Morgan fingerprint density at radius 1 is 1.48 bits per heavy atom. The highest BCUT2D eigenvalue weighted by atomic mass is 28.4. The Labute approximate surface area is 156 Å². The van der Waals surface area contributed by atoms with E-state index in [-0.39, 0.29) is 5.04 Å². The third-order valence-corrected chi connectivity index (χ3v) is 9.71. The molecule has 1 aromatic heterocycles. The summed E-state index contributed by atoms with van der Waals surface area (Å²) < 4.78 is 41.1. The molecule has 1 aliphatic heterocycles. The van der Waals surface area contributed by atoms with E-state index in [9.17, 15) is 19.1 Å². The zero-order valence-electron chi connectivity index (χ0n) is 15.9. The van der Waals surface area contributed by atoms with Gasteiger partial charge in [0.1, 0.15) is 6.10 Å². The van der Waals surface area contributed by atoms with Gasteiger partial charge in [0.15, 0.2) is 26.3 Å². The molecule has 2 heterocycles. The molecule has 0 radical (unpaired) electrons. The molecule has 0 spiro atoms. The molecule has 150 valence electrons. The van der Waals surface area contributed by atoms with Crippen molar-refractivity contribution < 1.29 is 23.1 Å². The summed E-state index contributed by atoms with van der Waals surface area (Å²) in [5, 5.41) is 9.53. The quantitative estimate of drug-likeness (QED) is 0.585. The number of aromatic amines is 1. The third-order valence-electron chi connectivity index (χ3n) is 5.26. The molecule has 1 aromatic rings. The van der Waals surface area contributed by atoms with Gasteiger partial charge in [-0.2, -0.15) is 4.39 Å². The van der Waals surface area contributed by atoms with Crippen molar-refractivity contribution in [3.63, 3.8) is 0 Å². The summed E-state index contributed by atoms with van der Waals surface area (Å²) in [6, 6.07) is 0. The topological polar surface area (TPSA) is 93.5 Å². The van der Waals surface area contributed by atoms with Crippen LogP contribution in [0.5, 0.6) is 0 Å². The standard InChI is InChI=1S/C17H24F2N2O5Si/c1-7-17(9-22)12(26-27(5,6)16(2,3)4)11(19)14(25-17)21-8-10(18)13(23)20-15(21)24/h1,8,11-12,14,22H,9H2,2-6H3,(H,20,23,24)/t11-,12?,14+,17+/m0/s1. The minimum absolute atomic E-state index is 0.290. The molecule has 2 N–H and O–H groups in total. The normalized spacial score (nSPS) is 28.9. The van der Waals surface area contributed by atoms with Gasteiger partial charge in [-0.3, -0.25) is 14.3 Å². The van der Waals surface area contributed by atoms with Gasteiger partial charge in [0.25, 0.3) is 5.56 Å². The van der Waals surface area contributed by atoms with Crippen LogP contribution >= 0.6 is 0 Å². The summed E-state index contributed by atoms with van der Waals surface area (Å²) in [5.74, 6) is 0.948. The molecule has 0 amide bonds. The fraction of sp³-hybridized carbons (Fsp3) is 0.647. The largest absolute Gasteiger partial charge is 0.407 e. The number of aromatic nitrogens is 2. The number of nitrogens with zero attached hydrogens (tertiary/aromatic N) is 1. The smallest absolute Gasteiger partial charge is 0.330 e. The number of rotatable bonds is 4. The van der Waals surface area contributed by atoms with Gasteiger partial charge < -0.3 is 14.3 Å². The maximum atomic E-state index is 15.3. The average molecular weight is 402 g/mol. The Morgan fingerprint density at radius 3 is 2.56 bits per heavy atom. The number of aliphatic hydroxyl groups excluding tert-OH is 1. The Kier molecular flexibility index (Phi) is 5.56. The summed E-state index contributed by atoms with van der Waals surface area (Å²) in [6.45, 7) is 8.81. The van der Waals surface area contributed by atoms with Crippen LogP contribution in [0.2, 0.25) is 18.1 Å². The van der Waals surface area contributed by atoms with E-state index in [0.717, 1.165) is 0 Å². The lowest BCUT2D eigenvalue weighted by molar-refractivity contribution is -0.0905. The van der Waals surface area contributed by atoms with E-state index < -0.39 is 56.1 Å². The molecule has 1 saturated heterocycles. The first-order valence-electron chi connectivity index (χ1n) is 8.39. The summed E-state index contributed by atoms with van der Waals surface area (Å²) in [4.78, 5) is 25.0. The van der Waals surface area contributed by atoms with Gasteiger partial charge in [0.05, 0.1) is 12.8 Å². The Balaban J connectivity index is 2.53. The van der Waals surface area contributed by atoms with E-state index in [0.29, 0.717) is 10.8 Å². The number of hydrogen-bond acceptors (Lipinski definition) is 5. The first kappa shape index (κ1) is 21.5. The van der Waals surface area contributed by atoms with E-state index >= 15 is 4.39 Å². The number of nitrogens with one attached hydrogen (secondary N) is 1. The number of H-pyrrole nitrogens is 1. The van der Waals surface area contributed by atoms with Crippen LogP contribution in [-0.4, -0.2) is 47.5 Å². The fourth-order valence-electron chi connectivity index (χ4n) is 2.56. The molecule has 0 bridgehead atoms. The molecule has 1 aliphatic rings. The molecule has 27 heavy (non-hydrogen) atoms. The third kappa shape index (κ3) is 3.64. The van der Waals surface area contributed by atoms with Gasteiger partial charge >= 0.3 is 5.69 Å². The fourth-order valence-corrected chi connectivity index (χ4v) is 3.87. The van der Waals surface area contributed by atoms with E-state index in [4.69, 9.17) is 15.6 Å². The van der Waals surface area contributed by atoms with Gasteiger partial charge in [-0.25, -0.2) is 9.18 Å². The van der Waals surface area contributed by atoms with Crippen LogP contribution < -0.4 is 11.2 Å². The molecule has 0 aromatic carbocycles. The number of aliphatic hydroxyl groups is 1. The summed E-state index contributed by atoms with van der Waals surface area (Å²) in [7, 11) is -2.54. The van der Waals surface area contributed by atoms with Gasteiger partial charge in [0.2, 0.25) is 5.82 Å².